The number of hydrogen-bond acceptors (Lipinski definition) is 9. The van der Waals surface area contributed by atoms with Crippen LogP contribution < -0.4 is 0 Å². The number of benzene rings is 2. The van der Waals surface area contributed by atoms with Crippen LogP contribution in [0.25, 0.3) is 44.3 Å². The van der Waals surface area contributed by atoms with Gasteiger partial charge in [-0.05, 0) is 122 Å². The van der Waals surface area contributed by atoms with Gasteiger partial charge in [0.2, 0.25) is 20.0 Å². The largest absolute Gasteiger partial charge is 0.490 e. The molecule has 0 unspecified atom stereocenters. The van der Waals surface area contributed by atoms with Crippen molar-refractivity contribution >= 4 is 48.1 Å². The van der Waals surface area contributed by atoms with Gasteiger partial charge in [-0.3, -0.25) is 9.36 Å². The van der Waals surface area contributed by atoms with Gasteiger partial charge in [0.1, 0.15) is 11.3 Å². The Balaban J connectivity index is 0.000000159. The van der Waals surface area contributed by atoms with E-state index < -0.39 is 32.2 Å². The molecule has 0 spiro atoms. The van der Waals surface area contributed by atoms with Crippen LogP contribution in [-0.2, 0) is 37.9 Å². The van der Waals surface area contributed by atoms with Gasteiger partial charge >= 0.3 is 12.1 Å². The number of aromatic nitrogens is 8. The van der Waals surface area contributed by atoms with Crippen LogP contribution in [0.1, 0.15) is 48.5 Å². The number of carboxylic acids is 1. The summed E-state index contributed by atoms with van der Waals surface area (Å²) in [6.07, 6.45) is 5.92. The van der Waals surface area contributed by atoms with Crippen LogP contribution in [0.5, 0.6) is 0 Å². The molecule has 0 bridgehead atoms. The van der Waals surface area contributed by atoms with E-state index in [1.165, 1.54) is 0 Å². The molecule has 16 nitrogen and oxygen atoms in total. The van der Waals surface area contributed by atoms with Gasteiger partial charge in [-0.2, -0.15) is 32.0 Å². The first-order chi connectivity index (χ1) is 32.0. The van der Waals surface area contributed by atoms with Crippen LogP contribution in [0.15, 0.2) is 120 Å². The van der Waals surface area contributed by atoms with Crippen molar-refractivity contribution in [1.82, 2.24) is 48.1 Å². The minimum Gasteiger partial charge on any atom is -0.475 e. The van der Waals surface area contributed by atoms with E-state index in [9.17, 15) is 30.0 Å². The molecular formula is C46H47F3N10O6S2. The monoisotopic (exact) mass is 956 g/mol. The number of rotatable bonds is 10. The van der Waals surface area contributed by atoms with Crippen LogP contribution in [0.2, 0.25) is 0 Å². The van der Waals surface area contributed by atoms with E-state index in [1.807, 2.05) is 77.9 Å². The van der Waals surface area contributed by atoms with E-state index in [4.69, 9.17) is 9.90 Å². The lowest BCUT2D eigenvalue weighted by atomic mass is 10.0. The lowest BCUT2D eigenvalue weighted by molar-refractivity contribution is -0.192. The summed E-state index contributed by atoms with van der Waals surface area (Å²) in [7, 11) is -6.81. The number of nitrogens with zero attached hydrogens (tertiary/aromatic N) is 8. The van der Waals surface area contributed by atoms with Gasteiger partial charge in [0, 0.05) is 78.8 Å². The van der Waals surface area contributed by atoms with E-state index in [0.717, 1.165) is 92.8 Å². The van der Waals surface area contributed by atoms with Crippen molar-refractivity contribution in [2.24, 2.45) is 0 Å². The number of H-pyrrole nitrogens is 2. The summed E-state index contributed by atoms with van der Waals surface area (Å²) in [5.41, 5.74) is 9.68. The first-order valence-corrected chi connectivity index (χ1v) is 24.3. The molecule has 10 rings (SSSR count). The lowest BCUT2D eigenvalue weighted by Crippen LogP contribution is -2.27. The molecule has 2 aliphatic heterocycles. The molecular weight excluding hydrogens is 910 g/mol. The molecule has 0 aliphatic carbocycles. The number of pyridine rings is 2. The molecule has 350 valence electrons. The van der Waals surface area contributed by atoms with E-state index in [-0.39, 0.29) is 0 Å². The second kappa shape index (κ2) is 19.3. The fraction of sp³-hybridized carbons (Fsp3) is 0.283. The third kappa shape index (κ3) is 10.5. The van der Waals surface area contributed by atoms with Crippen LogP contribution in [0.4, 0.5) is 13.2 Å². The zero-order chi connectivity index (χ0) is 47.5. The number of alkyl halides is 3. The van der Waals surface area contributed by atoms with Crippen molar-refractivity contribution in [2.45, 2.75) is 68.6 Å². The fourth-order valence-corrected chi connectivity index (χ4v) is 11.1. The summed E-state index contributed by atoms with van der Waals surface area (Å²) >= 11 is 0. The number of hydrogen-bond donors (Lipinski definition) is 3. The number of fused-ring (bicyclic) bond motifs is 2. The standard InChI is InChI=1S/2C22H23N5O2S.C2HF3O2/c1-16-8-11-24-27(16)15-18-14-21-20(9-10-23-22(21)25-18)17-4-6-19(7-5-17)30(28,29)26-12-2-3-13-26;1-16-9-13-26(25-16)15-18-14-21-20(8-10-23-22(21)24-18)17-4-6-19(7-5-17)30(28,29)27-11-2-3-12-27;3-2(4,5)1(6)7/h4-11,14H,2-3,12-13,15H2,1H3,(H,23,25);4-10,13-14H,2-3,11-12,15H2,1H3,(H,23,24);(H,6,7). The highest BCUT2D eigenvalue weighted by Crippen LogP contribution is 2.32. The van der Waals surface area contributed by atoms with Gasteiger partial charge in [0.05, 0.1) is 28.6 Å². The summed E-state index contributed by atoms with van der Waals surface area (Å²) < 4.78 is 89.8. The molecule has 21 heteroatoms. The topological polar surface area (TPSA) is 205 Å². The first kappa shape index (κ1) is 46.8. The maximum Gasteiger partial charge on any atom is 0.490 e. The quantitative estimate of drug-likeness (QED) is 0.121. The number of aromatic amines is 2. The maximum atomic E-state index is 12.8. The fourth-order valence-electron chi connectivity index (χ4n) is 8.06. The van der Waals surface area contributed by atoms with Crippen molar-refractivity contribution in [3.8, 4) is 22.3 Å². The Kier molecular flexibility index (Phi) is 13.5. The lowest BCUT2D eigenvalue weighted by Gasteiger charge is -2.15. The molecule has 67 heavy (non-hydrogen) atoms. The number of halogens is 3. The van der Waals surface area contributed by atoms with E-state index in [0.29, 0.717) is 49.1 Å². The van der Waals surface area contributed by atoms with E-state index in [1.54, 1.807) is 51.5 Å². The minimum absolute atomic E-state index is 0.349. The molecule has 0 radical (unpaired) electrons. The summed E-state index contributed by atoms with van der Waals surface area (Å²) in [5.74, 6) is -2.76. The predicted molar refractivity (Wildman–Crippen MR) is 245 cm³/mol. The van der Waals surface area contributed by atoms with Crippen molar-refractivity contribution in [1.29, 1.82) is 0 Å². The van der Waals surface area contributed by atoms with Crippen molar-refractivity contribution in [3.63, 3.8) is 0 Å². The van der Waals surface area contributed by atoms with Gasteiger partial charge in [-0.15, -0.1) is 0 Å². The molecule has 0 saturated carbocycles. The summed E-state index contributed by atoms with van der Waals surface area (Å²) in [6, 6.07) is 26.4. The van der Waals surface area contributed by atoms with Crippen LogP contribution in [0, 0.1) is 13.8 Å². The number of sulfonamides is 2. The zero-order valence-electron chi connectivity index (χ0n) is 36.5. The molecule has 2 saturated heterocycles. The highest BCUT2D eigenvalue weighted by atomic mass is 32.2. The number of aryl methyl sites for hydroxylation is 2. The average Bonchev–Trinajstić information content (AvgIpc) is 4.17. The molecule has 6 aromatic heterocycles. The van der Waals surface area contributed by atoms with Gasteiger partial charge in [-0.1, -0.05) is 24.3 Å². The molecule has 2 aromatic carbocycles. The molecule has 8 aromatic rings. The van der Waals surface area contributed by atoms with Crippen molar-refractivity contribution < 1.29 is 39.9 Å². The number of carboxylic acid groups (broad SMARTS) is 1. The first-order valence-electron chi connectivity index (χ1n) is 21.4. The van der Waals surface area contributed by atoms with Crippen LogP contribution in [-0.4, -0.2) is 108 Å². The third-order valence-corrected chi connectivity index (χ3v) is 15.3. The SMILES string of the molecule is Cc1ccn(Cc2cc3c(-c4ccc(S(=O)(=O)N5CCCC5)cc4)ccnc3[nH]2)n1.Cc1ccnn1Cc1cc2c(-c3ccc(S(=O)(=O)N4CCCC4)cc3)ccnc2[nH]1.O=C(O)C(F)(F)F. The van der Waals surface area contributed by atoms with Crippen LogP contribution in [0.3, 0.4) is 0 Å². The zero-order valence-corrected chi connectivity index (χ0v) is 38.1. The van der Waals surface area contributed by atoms with Gasteiger partial charge in [-0.25, -0.2) is 31.6 Å². The molecule has 3 N–H and O–H groups in total. The Labute approximate surface area is 384 Å². The summed E-state index contributed by atoms with van der Waals surface area (Å²) in [4.78, 5) is 25.2. The highest BCUT2D eigenvalue weighted by Gasteiger charge is 2.38. The Morgan fingerprint density at radius 3 is 1.49 bits per heavy atom. The minimum atomic E-state index is -5.08. The number of aliphatic carboxylic acids is 1. The number of nitrogens with one attached hydrogen (secondary N) is 2. The molecule has 8 heterocycles. The Hall–Kier alpha value is -6.68. The Bertz CT molecular complexity index is 3240. The van der Waals surface area contributed by atoms with Crippen molar-refractivity contribution in [2.75, 3.05) is 26.2 Å². The van der Waals surface area contributed by atoms with E-state index >= 15 is 0 Å². The van der Waals surface area contributed by atoms with Crippen LogP contribution >= 0.6 is 0 Å². The molecule has 0 atom stereocenters. The average molecular weight is 957 g/mol. The summed E-state index contributed by atoms with van der Waals surface area (Å²) in [6.45, 7) is 7.70. The molecule has 2 aliphatic rings. The smallest absolute Gasteiger partial charge is 0.475 e. The maximum absolute atomic E-state index is 12.8. The third-order valence-electron chi connectivity index (χ3n) is 11.5. The predicted octanol–water partition coefficient (Wildman–Crippen LogP) is 7.77. The second-order valence-electron chi connectivity index (χ2n) is 16.2. The number of carbonyl (C=O) groups is 1. The highest BCUT2D eigenvalue weighted by molar-refractivity contribution is 7.89. The Morgan fingerprint density at radius 1 is 0.657 bits per heavy atom. The second-order valence-corrected chi connectivity index (χ2v) is 20.1. The summed E-state index contributed by atoms with van der Waals surface area (Å²) in [5, 5.41) is 17.9. The Morgan fingerprint density at radius 2 is 1.10 bits per heavy atom. The normalized spacial score (nSPS) is 14.8. The van der Waals surface area contributed by atoms with Gasteiger partial charge in [0.15, 0.2) is 0 Å². The van der Waals surface area contributed by atoms with Crippen molar-refractivity contribution in [3.05, 3.63) is 132 Å². The molecule has 0 amide bonds. The molecule has 2 fully saturated rings. The van der Waals surface area contributed by atoms with Gasteiger partial charge in [0.25, 0.3) is 0 Å². The van der Waals surface area contributed by atoms with Gasteiger partial charge < -0.3 is 15.1 Å². The van der Waals surface area contributed by atoms with E-state index in [2.05, 4.69) is 42.3 Å².